The molecule has 2 N–H and O–H groups in total. The predicted molar refractivity (Wildman–Crippen MR) is 73.2 cm³/mol. The first-order chi connectivity index (χ1) is 9.43. The van der Waals surface area contributed by atoms with Gasteiger partial charge in [-0.2, -0.15) is 0 Å². The van der Waals surface area contributed by atoms with Crippen LogP contribution < -0.4 is 10.6 Å². The molecule has 110 valence electrons. The molecule has 1 aliphatic rings. The van der Waals surface area contributed by atoms with E-state index in [0.29, 0.717) is 11.3 Å². The minimum Gasteiger partial charge on any atom is -0.462 e. The lowest BCUT2D eigenvalue weighted by atomic mass is 10.1. The molecular weight excluding hydrogens is 266 g/mol. The Kier molecular flexibility index (Phi) is 4.11. The molecule has 0 saturated carbocycles. The van der Waals surface area contributed by atoms with Gasteiger partial charge in [-0.3, -0.25) is 0 Å². The van der Waals surface area contributed by atoms with Crippen LogP contribution in [-0.2, 0) is 4.74 Å². The number of nitrogen functional groups attached to an aromatic ring is 1. The van der Waals surface area contributed by atoms with Gasteiger partial charge in [0.05, 0.1) is 12.2 Å². The summed E-state index contributed by atoms with van der Waals surface area (Å²) in [5.41, 5.74) is 7.20. The van der Waals surface area contributed by atoms with Gasteiger partial charge in [-0.1, -0.05) is 0 Å². The monoisotopic (exact) mass is 284 g/mol. The summed E-state index contributed by atoms with van der Waals surface area (Å²) < 4.78 is 31.1. The Morgan fingerprint density at radius 2 is 2.05 bits per heavy atom. The Morgan fingerprint density at radius 1 is 1.40 bits per heavy atom. The van der Waals surface area contributed by atoms with Crippen molar-refractivity contribution in [3.05, 3.63) is 23.8 Å². The first-order valence-electron chi connectivity index (χ1n) is 6.62. The Morgan fingerprint density at radius 3 is 2.60 bits per heavy atom. The molecule has 0 aliphatic carbocycles. The molecular formula is C14H18F2N2O2. The maximum atomic E-state index is 13.1. The minimum atomic E-state index is -2.58. The van der Waals surface area contributed by atoms with Crippen molar-refractivity contribution in [2.75, 3.05) is 30.3 Å². The maximum Gasteiger partial charge on any atom is 0.340 e. The molecule has 1 aromatic carbocycles. The summed E-state index contributed by atoms with van der Waals surface area (Å²) in [7, 11) is 0. The van der Waals surface area contributed by atoms with Crippen LogP contribution in [0.3, 0.4) is 0 Å². The Labute approximate surface area is 116 Å². The molecule has 0 spiro atoms. The zero-order valence-electron chi connectivity index (χ0n) is 11.4. The smallest absolute Gasteiger partial charge is 0.340 e. The van der Waals surface area contributed by atoms with Crippen molar-refractivity contribution in [3.8, 4) is 0 Å². The molecule has 0 amide bonds. The average molecular weight is 284 g/mol. The third-order valence-corrected chi connectivity index (χ3v) is 3.39. The number of halogens is 2. The van der Waals surface area contributed by atoms with Gasteiger partial charge in [-0.25, -0.2) is 13.6 Å². The molecule has 1 saturated heterocycles. The molecule has 1 fully saturated rings. The molecule has 20 heavy (non-hydrogen) atoms. The molecule has 6 heteroatoms. The second-order valence-electron chi connectivity index (χ2n) is 4.84. The topological polar surface area (TPSA) is 55.6 Å². The van der Waals surface area contributed by atoms with Crippen molar-refractivity contribution in [2.45, 2.75) is 25.7 Å². The average Bonchev–Trinajstić information content (AvgIpc) is 2.38. The fourth-order valence-electron chi connectivity index (χ4n) is 2.23. The minimum absolute atomic E-state index is 0.160. The van der Waals surface area contributed by atoms with Crippen LogP contribution in [0.15, 0.2) is 18.2 Å². The number of benzene rings is 1. The standard InChI is InChI=1S/C14H18F2N2O2/c1-2-20-13(19)11-4-3-10(9-12(11)17)18-7-5-14(15,16)6-8-18/h3-4,9H,2,5-8,17H2,1H3. The summed E-state index contributed by atoms with van der Waals surface area (Å²) in [5.74, 6) is -3.05. The third kappa shape index (κ3) is 3.18. The Bertz CT molecular complexity index is 496. The van der Waals surface area contributed by atoms with Gasteiger partial charge in [-0.05, 0) is 25.1 Å². The van der Waals surface area contributed by atoms with Gasteiger partial charge in [0.25, 0.3) is 5.92 Å². The fourth-order valence-corrected chi connectivity index (χ4v) is 2.23. The zero-order chi connectivity index (χ0) is 14.8. The quantitative estimate of drug-likeness (QED) is 0.685. The van der Waals surface area contributed by atoms with E-state index in [1.54, 1.807) is 25.1 Å². The summed E-state index contributed by atoms with van der Waals surface area (Å²) in [4.78, 5) is 13.5. The van der Waals surface area contributed by atoms with Crippen molar-refractivity contribution in [1.82, 2.24) is 0 Å². The molecule has 0 aromatic heterocycles. The van der Waals surface area contributed by atoms with Crippen LogP contribution in [0.25, 0.3) is 0 Å². The van der Waals surface area contributed by atoms with Gasteiger partial charge in [0.15, 0.2) is 0 Å². The summed E-state index contributed by atoms with van der Waals surface area (Å²) >= 11 is 0. The fraction of sp³-hybridized carbons (Fsp3) is 0.500. The van der Waals surface area contributed by atoms with Gasteiger partial charge in [0, 0.05) is 37.3 Å². The molecule has 0 bridgehead atoms. The van der Waals surface area contributed by atoms with E-state index in [0.717, 1.165) is 5.69 Å². The summed E-state index contributed by atoms with van der Waals surface area (Å²) in [6, 6.07) is 4.93. The number of carbonyl (C=O) groups excluding carboxylic acids is 1. The van der Waals surface area contributed by atoms with Crippen molar-refractivity contribution < 1.29 is 18.3 Å². The predicted octanol–water partition coefficient (Wildman–Crippen LogP) is 2.68. The van der Waals surface area contributed by atoms with Crippen LogP contribution in [-0.4, -0.2) is 31.6 Å². The highest BCUT2D eigenvalue weighted by molar-refractivity contribution is 5.95. The van der Waals surface area contributed by atoms with E-state index < -0.39 is 11.9 Å². The van der Waals surface area contributed by atoms with Crippen molar-refractivity contribution >= 4 is 17.3 Å². The second-order valence-corrected chi connectivity index (χ2v) is 4.84. The van der Waals surface area contributed by atoms with E-state index in [9.17, 15) is 13.6 Å². The highest BCUT2D eigenvalue weighted by Crippen LogP contribution is 2.31. The molecule has 0 atom stereocenters. The van der Waals surface area contributed by atoms with Gasteiger partial charge in [0.1, 0.15) is 0 Å². The van der Waals surface area contributed by atoms with Gasteiger partial charge in [0.2, 0.25) is 0 Å². The van der Waals surface area contributed by atoms with Gasteiger partial charge < -0.3 is 15.4 Å². The molecule has 4 nitrogen and oxygen atoms in total. The van der Waals surface area contributed by atoms with Crippen LogP contribution in [0, 0.1) is 0 Å². The van der Waals surface area contributed by atoms with Gasteiger partial charge >= 0.3 is 5.97 Å². The number of nitrogens with zero attached hydrogens (tertiary/aromatic N) is 1. The molecule has 1 heterocycles. The van der Waals surface area contributed by atoms with Crippen LogP contribution in [0.4, 0.5) is 20.2 Å². The SMILES string of the molecule is CCOC(=O)c1ccc(N2CCC(F)(F)CC2)cc1N. The third-order valence-electron chi connectivity index (χ3n) is 3.39. The number of esters is 1. The Hall–Kier alpha value is -1.85. The lowest BCUT2D eigenvalue weighted by molar-refractivity contribution is -0.0220. The lowest BCUT2D eigenvalue weighted by Crippen LogP contribution is -2.39. The maximum absolute atomic E-state index is 13.1. The van der Waals surface area contributed by atoms with Crippen molar-refractivity contribution in [3.63, 3.8) is 0 Å². The van der Waals surface area contributed by atoms with Crippen LogP contribution >= 0.6 is 0 Å². The van der Waals surface area contributed by atoms with E-state index in [1.165, 1.54) is 0 Å². The molecule has 1 aliphatic heterocycles. The number of ether oxygens (including phenoxy) is 1. The van der Waals surface area contributed by atoms with Crippen molar-refractivity contribution in [1.29, 1.82) is 0 Å². The van der Waals surface area contributed by atoms with Crippen molar-refractivity contribution in [2.24, 2.45) is 0 Å². The zero-order valence-corrected chi connectivity index (χ0v) is 11.4. The van der Waals surface area contributed by atoms with Crippen LogP contribution in [0.2, 0.25) is 0 Å². The number of hydrogen-bond acceptors (Lipinski definition) is 4. The van der Waals surface area contributed by atoms with E-state index in [1.807, 2.05) is 4.90 Å². The molecule has 1 aromatic rings. The molecule has 2 rings (SSSR count). The molecule has 0 radical (unpaired) electrons. The number of nitrogens with two attached hydrogens (primary N) is 1. The normalized spacial score (nSPS) is 17.9. The van der Waals surface area contributed by atoms with E-state index in [4.69, 9.17) is 10.5 Å². The number of carbonyl (C=O) groups is 1. The number of alkyl halides is 2. The summed E-state index contributed by atoms with van der Waals surface area (Å²) in [6.45, 7) is 2.56. The summed E-state index contributed by atoms with van der Waals surface area (Å²) in [5, 5.41) is 0. The van der Waals surface area contributed by atoms with E-state index in [-0.39, 0.29) is 32.5 Å². The highest BCUT2D eigenvalue weighted by atomic mass is 19.3. The van der Waals surface area contributed by atoms with Crippen LogP contribution in [0.1, 0.15) is 30.1 Å². The summed E-state index contributed by atoms with van der Waals surface area (Å²) in [6.07, 6.45) is -0.320. The highest BCUT2D eigenvalue weighted by Gasteiger charge is 2.34. The lowest BCUT2D eigenvalue weighted by Gasteiger charge is -2.33. The molecule has 0 unspecified atom stereocenters. The largest absolute Gasteiger partial charge is 0.462 e. The van der Waals surface area contributed by atoms with E-state index >= 15 is 0 Å². The first kappa shape index (κ1) is 14.6. The van der Waals surface area contributed by atoms with Gasteiger partial charge in [-0.15, -0.1) is 0 Å². The number of rotatable bonds is 3. The van der Waals surface area contributed by atoms with Crippen LogP contribution in [0.5, 0.6) is 0 Å². The number of anilines is 2. The number of piperidine rings is 1. The Balaban J connectivity index is 2.11. The first-order valence-corrected chi connectivity index (χ1v) is 6.62. The van der Waals surface area contributed by atoms with E-state index in [2.05, 4.69) is 0 Å². The second kappa shape index (κ2) is 5.64. The number of hydrogen-bond donors (Lipinski definition) is 1.